The van der Waals surface area contributed by atoms with Gasteiger partial charge in [0.25, 0.3) is 0 Å². The Morgan fingerprint density at radius 1 is 1.18 bits per heavy atom. The number of para-hydroxylation sites is 2. The van der Waals surface area contributed by atoms with Crippen LogP contribution in [0.3, 0.4) is 0 Å². The molecule has 8 heteroatoms. The predicted octanol–water partition coefficient (Wildman–Crippen LogP) is 4.26. The second kappa shape index (κ2) is 9.70. The van der Waals surface area contributed by atoms with Crippen LogP contribution in [0.25, 0.3) is 0 Å². The van der Waals surface area contributed by atoms with Crippen molar-refractivity contribution in [1.29, 1.82) is 0 Å². The van der Waals surface area contributed by atoms with Crippen LogP contribution in [0.2, 0.25) is 0 Å². The minimum atomic E-state index is -0.380. The number of thioether (sulfide) groups is 1. The van der Waals surface area contributed by atoms with Crippen LogP contribution in [0.15, 0.2) is 66.3 Å². The Kier molecular flexibility index (Phi) is 6.35. The molecule has 2 aromatic carbocycles. The summed E-state index contributed by atoms with van der Waals surface area (Å²) in [6.45, 7) is 4.72. The van der Waals surface area contributed by atoms with Crippen LogP contribution in [0.1, 0.15) is 41.9 Å². The van der Waals surface area contributed by atoms with E-state index in [4.69, 9.17) is 9.47 Å². The molecule has 33 heavy (non-hydrogen) atoms. The molecule has 0 fully saturated rings. The van der Waals surface area contributed by atoms with Crippen LogP contribution in [0, 0.1) is 0 Å². The van der Waals surface area contributed by atoms with E-state index in [1.165, 1.54) is 22.9 Å². The molecule has 2 atom stereocenters. The van der Waals surface area contributed by atoms with Gasteiger partial charge in [0.05, 0.1) is 11.8 Å². The van der Waals surface area contributed by atoms with Crippen LogP contribution in [0.4, 0.5) is 0 Å². The van der Waals surface area contributed by atoms with Crippen LogP contribution < -0.4 is 14.8 Å². The molecule has 0 spiro atoms. The highest BCUT2D eigenvalue weighted by molar-refractivity contribution is 7.99. The quantitative estimate of drug-likeness (QED) is 0.418. The summed E-state index contributed by atoms with van der Waals surface area (Å²) in [6.07, 6.45) is 4.52. The summed E-state index contributed by atoms with van der Waals surface area (Å²) < 4.78 is 13.9. The van der Waals surface area contributed by atoms with Gasteiger partial charge in [-0.15, -0.1) is 16.8 Å². The number of amides is 1. The number of benzene rings is 2. The van der Waals surface area contributed by atoms with Gasteiger partial charge in [-0.1, -0.05) is 54.2 Å². The van der Waals surface area contributed by atoms with Crippen LogP contribution >= 0.6 is 11.8 Å². The first-order valence-corrected chi connectivity index (χ1v) is 12.1. The normalized spacial score (nSPS) is 18.9. The number of nitrogens with zero attached hydrogens (tertiary/aromatic N) is 3. The van der Waals surface area contributed by atoms with Crippen molar-refractivity contribution in [2.75, 3.05) is 12.4 Å². The Morgan fingerprint density at radius 3 is 2.88 bits per heavy atom. The van der Waals surface area contributed by atoms with E-state index < -0.39 is 0 Å². The first kappa shape index (κ1) is 21.6. The van der Waals surface area contributed by atoms with Crippen molar-refractivity contribution in [3.63, 3.8) is 0 Å². The van der Waals surface area contributed by atoms with E-state index in [9.17, 15) is 4.79 Å². The summed E-state index contributed by atoms with van der Waals surface area (Å²) in [5.41, 5.74) is 2.56. The molecule has 5 rings (SSSR count). The molecule has 0 bridgehead atoms. The lowest BCUT2D eigenvalue weighted by Crippen LogP contribution is -2.32. The van der Waals surface area contributed by atoms with Gasteiger partial charge < -0.3 is 14.8 Å². The number of allylic oxidation sites excluding steroid dienone is 1. The average molecular weight is 463 g/mol. The molecule has 1 N–H and O–H groups in total. The molecule has 0 saturated heterocycles. The van der Waals surface area contributed by atoms with Crippen molar-refractivity contribution in [1.82, 2.24) is 20.1 Å². The summed E-state index contributed by atoms with van der Waals surface area (Å²) in [5, 5.41) is 12.6. The smallest absolute Gasteiger partial charge is 0.230 e. The lowest BCUT2D eigenvalue weighted by atomic mass is 9.88. The van der Waals surface area contributed by atoms with E-state index in [1.807, 2.05) is 34.9 Å². The van der Waals surface area contributed by atoms with Gasteiger partial charge >= 0.3 is 0 Å². The van der Waals surface area contributed by atoms with Crippen LogP contribution in [-0.4, -0.2) is 33.0 Å². The average Bonchev–Trinajstić information content (AvgIpc) is 3.25. The highest BCUT2D eigenvalue weighted by Gasteiger charge is 2.28. The third-order valence-electron chi connectivity index (χ3n) is 5.89. The summed E-state index contributed by atoms with van der Waals surface area (Å²) in [4.78, 5) is 12.8. The van der Waals surface area contributed by atoms with E-state index in [-0.39, 0.29) is 23.8 Å². The Hall–Kier alpha value is -3.26. The fraction of sp³-hybridized carbons (Fsp3) is 0.320. The number of aryl methyl sites for hydroxylation is 1. The second-order valence-corrected chi connectivity index (χ2v) is 9.05. The van der Waals surface area contributed by atoms with Crippen molar-refractivity contribution < 1.29 is 14.3 Å². The van der Waals surface area contributed by atoms with Gasteiger partial charge in [0.2, 0.25) is 5.91 Å². The first-order valence-electron chi connectivity index (χ1n) is 11.2. The molecule has 0 unspecified atom stereocenters. The highest BCUT2D eigenvalue weighted by atomic mass is 32.2. The molecule has 1 aliphatic heterocycles. The van der Waals surface area contributed by atoms with Gasteiger partial charge in [-0.05, 0) is 42.5 Å². The minimum absolute atomic E-state index is 0.0115. The predicted molar refractivity (Wildman–Crippen MR) is 127 cm³/mol. The summed E-state index contributed by atoms with van der Waals surface area (Å²) >= 11 is 1.37. The Bertz CT molecular complexity index is 1160. The SMILES string of the molecule is C=CCn1c(SCC(=O)N[C@H]2CCCc3ccccc32)nnc1[C@@H]1COc2ccccc2O1. The Labute approximate surface area is 197 Å². The van der Waals surface area contributed by atoms with E-state index in [0.29, 0.717) is 29.9 Å². The van der Waals surface area contributed by atoms with Crippen molar-refractivity contribution in [2.45, 2.75) is 43.1 Å². The zero-order chi connectivity index (χ0) is 22.6. The molecule has 170 valence electrons. The van der Waals surface area contributed by atoms with Gasteiger partial charge in [-0.25, -0.2) is 0 Å². The Morgan fingerprint density at radius 2 is 2.00 bits per heavy atom. The maximum absolute atomic E-state index is 12.8. The van der Waals surface area contributed by atoms with Gasteiger partial charge in [-0.3, -0.25) is 9.36 Å². The number of carbonyl (C=O) groups excluding carboxylic acids is 1. The molecular weight excluding hydrogens is 436 g/mol. The lowest BCUT2D eigenvalue weighted by Gasteiger charge is -2.26. The van der Waals surface area contributed by atoms with Gasteiger partial charge in [0.15, 0.2) is 28.6 Å². The number of aromatic nitrogens is 3. The maximum atomic E-state index is 12.8. The molecule has 1 aromatic heterocycles. The molecule has 1 amide bonds. The molecule has 1 aliphatic carbocycles. The van der Waals surface area contributed by atoms with E-state index >= 15 is 0 Å². The monoisotopic (exact) mass is 462 g/mol. The largest absolute Gasteiger partial charge is 0.485 e. The molecular formula is C25H26N4O3S. The summed E-state index contributed by atoms with van der Waals surface area (Å²) in [7, 11) is 0. The fourth-order valence-electron chi connectivity index (χ4n) is 4.36. The molecule has 0 radical (unpaired) electrons. The molecule has 2 heterocycles. The van der Waals surface area contributed by atoms with E-state index in [1.54, 1.807) is 6.08 Å². The van der Waals surface area contributed by atoms with E-state index in [2.05, 4.69) is 40.3 Å². The van der Waals surface area contributed by atoms with Crippen molar-refractivity contribution >= 4 is 17.7 Å². The van der Waals surface area contributed by atoms with Gasteiger partial charge in [-0.2, -0.15) is 0 Å². The third kappa shape index (κ3) is 4.61. The van der Waals surface area contributed by atoms with Gasteiger partial charge in [0, 0.05) is 6.54 Å². The molecule has 7 nitrogen and oxygen atoms in total. The zero-order valence-electron chi connectivity index (χ0n) is 18.3. The highest BCUT2D eigenvalue weighted by Crippen LogP contribution is 2.36. The maximum Gasteiger partial charge on any atom is 0.230 e. The minimum Gasteiger partial charge on any atom is -0.485 e. The first-order chi connectivity index (χ1) is 16.2. The van der Waals surface area contributed by atoms with Gasteiger partial charge in [0.1, 0.15) is 6.61 Å². The third-order valence-corrected chi connectivity index (χ3v) is 6.86. The number of hydrogen-bond donors (Lipinski definition) is 1. The molecule has 0 saturated carbocycles. The van der Waals surface area contributed by atoms with Crippen molar-refractivity contribution in [3.8, 4) is 11.5 Å². The number of nitrogens with one attached hydrogen (secondary N) is 1. The van der Waals surface area contributed by atoms with E-state index in [0.717, 1.165) is 25.0 Å². The zero-order valence-corrected chi connectivity index (χ0v) is 19.1. The number of hydrogen-bond acceptors (Lipinski definition) is 6. The van der Waals surface area contributed by atoms with Crippen LogP contribution in [0.5, 0.6) is 11.5 Å². The lowest BCUT2D eigenvalue weighted by molar-refractivity contribution is -0.119. The fourth-order valence-corrected chi connectivity index (χ4v) is 5.13. The summed E-state index contributed by atoms with van der Waals surface area (Å²) in [5.74, 6) is 2.32. The molecule has 2 aliphatic rings. The van der Waals surface area contributed by atoms with Crippen molar-refractivity contribution in [2.24, 2.45) is 0 Å². The molecule has 3 aromatic rings. The Balaban J connectivity index is 1.25. The number of rotatable bonds is 7. The second-order valence-electron chi connectivity index (χ2n) is 8.10. The standard InChI is InChI=1S/C25H26N4O3S/c1-2-14-29-24(22-15-31-20-12-5-6-13-21(20)32-22)27-28-25(29)33-16-23(30)26-19-11-7-9-17-8-3-4-10-18(17)19/h2-6,8,10,12-13,19,22H,1,7,9,11,14-16H2,(H,26,30)/t19-,22-/m0/s1. The number of fused-ring (bicyclic) bond motifs is 2. The summed E-state index contributed by atoms with van der Waals surface area (Å²) in [6, 6.07) is 16.0. The topological polar surface area (TPSA) is 78.3 Å². The number of ether oxygens (including phenoxy) is 2. The number of carbonyl (C=O) groups is 1. The van der Waals surface area contributed by atoms with Crippen molar-refractivity contribution in [3.05, 3.63) is 78.1 Å². The van der Waals surface area contributed by atoms with Crippen LogP contribution in [-0.2, 0) is 17.8 Å².